The standard InChI is InChI=1S/C15H28N4/c1-13(2)14-5-3-6-15(8-7-14)16-9-4-11-19-12-10-17-18-19/h10,12-16H,3-9,11H2,1-2H3. The van der Waals surface area contributed by atoms with Crippen molar-refractivity contribution in [2.24, 2.45) is 11.8 Å². The molecule has 1 aliphatic rings. The van der Waals surface area contributed by atoms with Gasteiger partial charge in [0.25, 0.3) is 0 Å². The van der Waals surface area contributed by atoms with Gasteiger partial charge in [0.1, 0.15) is 0 Å². The molecule has 108 valence electrons. The van der Waals surface area contributed by atoms with Gasteiger partial charge < -0.3 is 5.32 Å². The van der Waals surface area contributed by atoms with E-state index in [-0.39, 0.29) is 0 Å². The number of rotatable bonds is 6. The van der Waals surface area contributed by atoms with Crippen molar-refractivity contribution in [1.82, 2.24) is 20.3 Å². The Kier molecular flexibility index (Phi) is 5.83. The lowest BCUT2D eigenvalue weighted by Crippen LogP contribution is -2.30. The molecule has 0 bridgehead atoms. The molecule has 1 fully saturated rings. The van der Waals surface area contributed by atoms with Gasteiger partial charge in [-0.25, -0.2) is 0 Å². The molecule has 4 heteroatoms. The van der Waals surface area contributed by atoms with Gasteiger partial charge in [0.15, 0.2) is 0 Å². The first-order valence-corrected chi connectivity index (χ1v) is 7.83. The van der Waals surface area contributed by atoms with E-state index in [1.807, 2.05) is 10.9 Å². The van der Waals surface area contributed by atoms with E-state index in [1.165, 1.54) is 32.1 Å². The Labute approximate surface area is 117 Å². The summed E-state index contributed by atoms with van der Waals surface area (Å²) >= 11 is 0. The first-order chi connectivity index (χ1) is 9.25. The van der Waals surface area contributed by atoms with Crippen LogP contribution in [0, 0.1) is 11.8 Å². The minimum Gasteiger partial charge on any atom is -0.314 e. The first kappa shape index (κ1) is 14.5. The molecule has 2 unspecified atom stereocenters. The van der Waals surface area contributed by atoms with Crippen LogP contribution in [0.4, 0.5) is 0 Å². The van der Waals surface area contributed by atoms with E-state index < -0.39 is 0 Å². The summed E-state index contributed by atoms with van der Waals surface area (Å²) in [5.74, 6) is 1.80. The molecule has 1 aliphatic carbocycles. The van der Waals surface area contributed by atoms with Crippen LogP contribution in [0.5, 0.6) is 0 Å². The van der Waals surface area contributed by atoms with Crippen LogP contribution in [-0.4, -0.2) is 27.6 Å². The second-order valence-electron chi connectivity index (χ2n) is 6.18. The van der Waals surface area contributed by atoms with Crippen LogP contribution in [0.25, 0.3) is 0 Å². The topological polar surface area (TPSA) is 42.7 Å². The van der Waals surface area contributed by atoms with E-state index in [0.29, 0.717) is 0 Å². The Morgan fingerprint density at radius 1 is 1.26 bits per heavy atom. The molecule has 19 heavy (non-hydrogen) atoms. The Morgan fingerprint density at radius 3 is 2.89 bits per heavy atom. The lowest BCUT2D eigenvalue weighted by atomic mass is 9.89. The third-order valence-corrected chi connectivity index (χ3v) is 4.43. The number of aryl methyl sites for hydroxylation is 1. The van der Waals surface area contributed by atoms with Crippen molar-refractivity contribution < 1.29 is 0 Å². The summed E-state index contributed by atoms with van der Waals surface area (Å²) in [6, 6.07) is 0.736. The van der Waals surface area contributed by atoms with Gasteiger partial charge in [0.2, 0.25) is 0 Å². The molecule has 1 aromatic heterocycles. The number of hydrogen-bond donors (Lipinski definition) is 1. The lowest BCUT2D eigenvalue weighted by molar-refractivity contribution is 0.337. The van der Waals surface area contributed by atoms with Crippen molar-refractivity contribution in [2.75, 3.05) is 6.54 Å². The lowest BCUT2D eigenvalue weighted by Gasteiger charge is -2.19. The largest absolute Gasteiger partial charge is 0.314 e. The molecule has 1 heterocycles. The predicted octanol–water partition coefficient (Wildman–Crippen LogP) is 2.86. The number of nitrogens with zero attached hydrogens (tertiary/aromatic N) is 3. The van der Waals surface area contributed by atoms with Gasteiger partial charge in [-0.05, 0) is 44.1 Å². The maximum atomic E-state index is 3.98. The highest BCUT2D eigenvalue weighted by atomic mass is 15.4. The van der Waals surface area contributed by atoms with Crippen LogP contribution in [0.1, 0.15) is 52.4 Å². The predicted molar refractivity (Wildman–Crippen MR) is 77.8 cm³/mol. The Hall–Kier alpha value is -0.900. The van der Waals surface area contributed by atoms with E-state index in [9.17, 15) is 0 Å². The highest BCUT2D eigenvalue weighted by Crippen LogP contribution is 2.28. The van der Waals surface area contributed by atoms with Crippen LogP contribution >= 0.6 is 0 Å². The average molecular weight is 264 g/mol. The molecule has 1 N–H and O–H groups in total. The van der Waals surface area contributed by atoms with Gasteiger partial charge in [-0.15, -0.1) is 5.10 Å². The third kappa shape index (κ3) is 4.94. The van der Waals surface area contributed by atoms with Crippen molar-refractivity contribution in [3.05, 3.63) is 12.4 Å². The smallest absolute Gasteiger partial charge is 0.0692 e. The molecule has 0 radical (unpaired) electrons. The fraction of sp³-hybridized carbons (Fsp3) is 0.867. The van der Waals surface area contributed by atoms with E-state index in [2.05, 4.69) is 29.5 Å². The highest BCUT2D eigenvalue weighted by Gasteiger charge is 2.20. The summed E-state index contributed by atoms with van der Waals surface area (Å²) in [7, 11) is 0. The van der Waals surface area contributed by atoms with Gasteiger partial charge in [-0.3, -0.25) is 4.68 Å². The summed E-state index contributed by atoms with van der Waals surface area (Å²) < 4.78 is 1.91. The van der Waals surface area contributed by atoms with Crippen molar-refractivity contribution in [2.45, 2.75) is 65.0 Å². The molecule has 0 amide bonds. The zero-order valence-electron chi connectivity index (χ0n) is 12.4. The fourth-order valence-corrected chi connectivity index (χ4v) is 3.10. The summed E-state index contributed by atoms with van der Waals surface area (Å²) in [5.41, 5.74) is 0. The van der Waals surface area contributed by atoms with Crippen LogP contribution in [0.2, 0.25) is 0 Å². The van der Waals surface area contributed by atoms with Crippen molar-refractivity contribution in [3.63, 3.8) is 0 Å². The van der Waals surface area contributed by atoms with Gasteiger partial charge in [-0.1, -0.05) is 31.9 Å². The molecule has 0 spiro atoms. The van der Waals surface area contributed by atoms with E-state index in [4.69, 9.17) is 0 Å². The number of hydrogen-bond acceptors (Lipinski definition) is 3. The number of aromatic nitrogens is 3. The zero-order chi connectivity index (χ0) is 13.5. The molecular formula is C15H28N4. The normalized spacial score (nSPS) is 24.6. The molecule has 0 aliphatic heterocycles. The molecular weight excluding hydrogens is 236 g/mol. The van der Waals surface area contributed by atoms with Crippen molar-refractivity contribution in [1.29, 1.82) is 0 Å². The fourth-order valence-electron chi connectivity index (χ4n) is 3.10. The summed E-state index contributed by atoms with van der Waals surface area (Å²) in [4.78, 5) is 0. The molecule has 2 atom stereocenters. The summed E-state index contributed by atoms with van der Waals surface area (Å²) in [6.07, 6.45) is 11.7. The maximum absolute atomic E-state index is 3.98. The Morgan fingerprint density at radius 2 is 2.16 bits per heavy atom. The van der Waals surface area contributed by atoms with Gasteiger partial charge >= 0.3 is 0 Å². The molecule has 1 aromatic rings. The van der Waals surface area contributed by atoms with Crippen LogP contribution in [0.3, 0.4) is 0 Å². The van der Waals surface area contributed by atoms with Crippen LogP contribution in [0.15, 0.2) is 12.4 Å². The summed E-state index contributed by atoms with van der Waals surface area (Å²) in [6.45, 7) is 6.80. The number of nitrogens with one attached hydrogen (secondary N) is 1. The van der Waals surface area contributed by atoms with Gasteiger partial charge in [-0.2, -0.15) is 0 Å². The van der Waals surface area contributed by atoms with E-state index >= 15 is 0 Å². The minimum absolute atomic E-state index is 0.736. The quantitative estimate of drug-likeness (QED) is 0.634. The Bertz CT molecular complexity index is 334. The SMILES string of the molecule is CC(C)C1CCCC(NCCCn2ccnn2)CC1. The molecule has 2 rings (SSSR count). The van der Waals surface area contributed by atoms with Gasteiger partial charge in [0, 0.05) is 18.8 Å². The molecule has 1 saturated carbocycles. The molecule has 0 saturated heterocycles. The van der Waals surface area contributed by atoms with E-state index in [1.54, 1.807) is 6.20 Å². The zero-order valence-corrected chi connectivity index (χ0v) is 12.4. The summed E-state index contributed by atoms with van der Waals surface area (Å²) in [5, 5.41) is 11.5. The molecule has 0 aromatic carbocycles. The first-order valence-electron chi connectivity index (χ1n) is 7.83. The third-order valence-electron chi connectivity index (χ3n) is 4.43. The van der Waals surface area contributed by atoms with Crippen molar-refractivity contribution >= 4 is 0 Å². The average Bonchev–Trinajstić information content (AvgIpc) is 2.79. The van der Waals surface area contributed by atoms with E-state index in [0.717, 1.165) is 37.4 Å². The minimum atomic E-state index is 0.736. The second-order valence-corrected chi connectivity index (χ2v) is 6.18. The van der Waals surface area contributed by atoms with Gasteiger partial charge in [0.05, 0.1) is 6.20 Å². The van der Waals surface area contributed by atoms with Crippen molar-refractivity contribution in [3.8, 4) is 0 Å². The Balaban J connectivity index is 1.61. The molecule has 4 nitrogen and oxygen atoms in total. The maximum Gasteiger partial charge on any atom is 0.0692 e. The highest BCUT2D eigenvalue weighted by molar-refractivity contribution is 4.76. The second kappa shape index (κ2) is 7.63. The van der Waals surface area contributed by atoms with Crippen LogP contribution < -0.4 is 5.32 Å². The monoisotopic (exact) mass is 264 g/mol. The van der Waals surface area contributed by atoms with Crippen LogP contribution in [-0.2, 0) is 6.54 Å².